The fourth-order valence-corrected chi connectivity index (χ4v) is 2.62. The van der Waals surface area contributed by atoms with Gasteiger partial charge in [0.2, 0.25) is 0 Å². The Kier molecular flexibility index (Phi) is 5.14. The van der Waals surface area contributed by atoms with Crippen LogP contribution in [0.2, 0.25) is 0 Å². The molecule has 5 heteroatoms. The molecule has 1 N–H and O–H groups in total. The summed E-state index contributed by atoms with van der Waals surface area (Å²) >= 11 is 0. The van der Waals surface area contributed by atoms with E-state index in [4.69, 9.17) is 9.26 Å². The lowest BCUT2D eigenvalue weighted by Gasteiger charge is -2.13. The summed E-state index contributed by atoms with van der Waals surface area (Å²) < 4.78 is 10.5. The van der Waals surface area contributed by atoms with Crippen LogP contribution in [0.3, 0.4) is 0 Å². The Hall–Kier alpha value is -3.08. The summed E-state index contributed by atoms with van der Waals surface area (Å²) in [5.74, 6) is 1.13. The van der Waals surface area contributed by atoms with Gasteiger partial charge in [0.25, 0.3) is 5.91 Å². The van der Waals surface area contributed by atoms with Crippen molar-refractivity contribution in [2.24, 2.45) is 0 Å². The van der Waals surface area contributed by atoms with E-state index in [1.165, 1.54) is 0 Å². The number of nitrogens with zero attached hydrogens (tertiary/aromatic N) is 1. The highest BCUT2D eigenvalue weighted by Gasteiger charge is 2.16. The van der Waals surface area contributed by atoms with Gasteiger partial charge in [-0.1, -0.05) is 47.6 Å². The molecule has 1 unspecified atom stereocenters. The third-order valence-corrected chi connectivity index (χ3v) is 3.85. The molecular formula is C20H20N2O3. The molecule has 1 aromatic heterocycles. The SMILES string of the molecule is COc1cccc(CC(C)NC(=O)c2cc(-c3ccccc3)on2)c1. The molecule has 3 rings (SSSR count). The Morgan fingerprint density at radius 1 is 1.16 bits per heavy atom. The smallest absolute Gasteiger partial charge is 0.273 e. The van der Waals surface area contributed by atoms with E-state index in [2.05, 4.69) is 10.5 Å². The number of carbonyl (C=O) groups is 1. The molecule has 2 aromatic carbocycles. The average molecular weight is 336 g/mol. The van der Waals surface area contributed by atoms with Crippen LogP contribution in [-0.4, -0.2) is 24.2 Å². The number of amides is 1. The second-order valence-electron chi connectivity index (χ2n) is 5.87. The molecule has 0 aliphatic rings. The molecule has 1 amide bonds. The molecule has 0 radical (unpaired) electrons. The zero-order chi connectivity index (χ0) is 17.6. The molecular weight excluding hydrogens is 316 g/mol. The first-order valence-corrected chi connectivity index (χ1v) is 8.11. The summed E-state index contributed by atoms with van der Waals surface area (Å²) in [7, 11) is 1.64. The summed E-state index contributed by atoms with van der Waals surface area (Å²) in [4.78, 5) is 12.4. The van der Waals surface area contributed by atoms with E-state index in [1.54, 1.807) is 13.2 Å². The molecule has 0 fully saturated rings. The Labute approximate surface area is 146 Å². The van der Waals surface area contributed by atoms with Gasteiger partial charge in [0, 0.05) is 17.7 Å². The second kappa shape index (κ2) is 7.66. The van der Waals surface area contributed by atoms with E-state index in [-0.39, 0.29) is 17.6 Å². The normalized spacial score (nSPS) is 11.8. The van der Waals surface area contributed by atoms with Crippen molar-refractivity contribution in [1.82, 2.24) is 10.5 Å². The minimum atomic E-state index is -0.249. The molecule has 0 saturated heterocycles. The van der Waals surface area contributed by atoms with Crippen LogP contribution in [0.1, 0.15) is 23.0 Å². The minimum Gasteiger partial charge on any atom is -0.497 e. The lowest BCUT2D eigenvalue weighted by molar-refractivity contribution is 0.0931. The van der Waals surface area contributed by atoms with Crippen molar-refractivity contribution in [3.05, 3.63) is 71.9 Å². The fourth-order valence-electron chi connectivity index (χ4n) is 2.62. The van der Waals surface area contributed by atoms with Gasteiger partial charge in [-0.3, -0.25) is 4.79 Å². The van der Waals surface area contributed by atoms with Crippen molar-refractivity contribution in [3.8, 4) is 17.1 Å². The molecule has 0 aliphatic heterocycles. The van der Waals surface area contributed by atoms with Crippen molar-refractivity contribution in [2.75, 3.05) is 7.11 Å². The Morgan fingerprint density at radius 3 is 2.72 bits per heavy atom. The van der Waals surface area contributed by atoms with Crippen LogP contribution in [0.4, 0.5) is 0 Å². The third kappa shape index (κ3) is 4.26. The fraction of sp³-hybridized carbons (Fsp3) is 0.200. The van der Waals surface area contributed by atoms with Crippen LogP contribution in [-0.2, 0) is 6.42 Å². The number of ether oxygens (including phenoxy) is 1. The predicted molar refractivity (Wildman–Crippen MR) is 95.6 cm³/mol. The number of aromatic nitrogens is 1. The quantitative estimate of drug-likeness (QED) is 0.745. The first kappa shape index (κ1) is 16.8. The van der Waals surface area contributed by atoms with Gasteiger partial charge in [-0.05, 0) is 31.0 Å². The highest BCUT2D eigenvalue weighted by atomic mass is 16.5. The summed E-state index contributed by atoms with van der Waals surface area (Å²) in [6, 6.07) is 19.0. The number of methoxy groups -OCH3 is 1. The zero-order valence-corrected chi connectivity index (χ0v) is 14.2. The molecule has 1 heterocycles. The lowest BCUT2D eigenvalue weighted by Crippen LogP contribution is -2.34. The van der Waals surface area contributed by atoms with Crippen LogP contribution >= 0.6 is 0 Å². The van der Waals surface area contributed by atoms with Gasteiger partial charge in [0.15, 0.2) is 11.5 Å². The molecule has 0 bridgehead atoms. The molecule has 25 heavy (non-hydrogen) atoms. The van der Waals surface area contributed by atoms with E-state index in [9.17, 15) is 4.79 Å². The number of carbonyl (C=O) groups excluding carboxylic acids is 1. The highest BCUT2D eigenvalue weighted by Crippen LogP contribution is 2.20. The summed E-state index contributed by atoms with van der Waals surface area (Å²) in [6.45, 7) is 1.95. The molecule has 0 aliphatic carbocycles. The van der Waals surface area contributed by atoms with Gasteiger partial charge in [-0.2, -0.15) is 0 Å². The molecule has 0 spiro atoms. The van der Waals surface area contributed by atoms with E-state index in [0.29, 0.717) is 12.2 Å². The van der Waals surface area contributed by atoms with Crippen molar-refractivity contribution in [1.29, 1.82) is 0 Å². The van der Waals surface area contributed by atoms with Crippen LogP contribution in [0, 0.1) is 0 Å². The summed E-state index contributed by atoms with van der Waals surface area (Å²) in [5.41, 5.74) is 2.26. The number of hydrogen-bond acceptors (Lipinski definition) is 4. The Bertz CT molecular complexity index is 843. The molecule has 0 saturated carbocycles. The van der Waals surface area contributed by atoms with Crippen LogP contribution in [0.5, 0.6) is 5.75 Å². The zero-order valence-electron chi connectivity index (χ0n) is 14.2. The highest BCUT2D eigenvalue weighted by molar-refractivity contribution is 5.93. The monoisotopic (exact) mass is 336 g/mol. The average Bonchev–Trinajstić information content (AvgIpc) is 3.13. The first-order valence-electron chi connectivity index (χ1n) is 8.11. The second-order valence-corrected chi connectivity index (χ2v) is 5.87. The Balaban J connectivity index is 1.63. The lowest BCUT2D eigenvalue weighted by atomic mass is 10.1. The van der Waals surface area contributed by atoms with Gasteiger partial charge in [0.1, 0.15) is 5.75 Å². The minimum absolute atomic E-state index is 0.0449. The first-order chi connectivity index (χ1) is 12.2. The third-order valence-electron chi connectivity index (χ3n) is 3.85. The van der Waals surface area contributed by atoms with E-state index in [1.807, 2.05) is 61.5 Å². The summed E-state index contributed by atoms with van der Waals surface area (Å²) in [6.07, 6.45) is 0.701. The van der Waals surface area contributed by atoms with E-state index < -0.39 is 0 Å². The topological polar surface area (TPSA) is 64.4 Å². The van der Waals surface area contributed by atoms with E-state index in [0.717, 1.165) is 16.9 Å². The molecule has 5 nitrogen and oxygen atoms in total. The van der Waals surface area contributed by atoms with Crippen LogP contribution in [0.15, 0.2) is 65.2 Å². The van der Waals surface area contributed by atoms with Gasteiger partial charge < -0.3 is 14.6 Å². The van der Waals surface area contributed by atoms with Gasteiger partial charge in [-0.25, -0.2) is 0 Å². The molecule has 1 atom stereocenters. The predicted octanol–water partition coefficient (Wildman–Crippen LogP) is 3.71. The number of nitrogens with one attached hydrogen (secondary N) is 1. The maximum Gasteiger partial charge on any atom is 0.273 e. The largest absolute Gasteiger partial charge is 0.497 e. The van der Waals surface area contributed by atoms with Crippen molar-refractivity contribution < 1.29 is 14.1 Å². The standard InChI is InChI=1S/C20H20N2O3/c1-14(11-15-7-6-10-17(12-15)24-2)21-20(23)18-13-19(25-22-18)16-8-4-3-5-9-16/h3-10,12-14H,11H2,1-2H3,(H,21,23). The number of hydrogen-bond donors (Lipinski definition) is 1. The maximum atomic E-state index is 12.4. The number of benzene rings is 2. The van der Waals surface area contributed by atoms with Gasteiger partial charge in [-0.15, -0.1) is 0 Å². The van der Waals surface area contributed by atoms with Gasteiger partial charge in [0.05, 0.1) is 7.11 Å². The van der Waals surface area contributed by atoms with Crippen molar-refractivity contribution in [2.45, 2.75) is 19.4 Å². The van der Waals surface area contributed by atoms with Crippen LogP contribution < -0.4 is 10.1 Å². The molecule has 3 aromatic rings. The number of rotatable bonds is 6. The maximum absolute atomic E-state index is 12.4. The molecule has 128 valence electrons. The van der Waals surface area contributed by atoms with Gasteiger partial charge >= 0.3 is 0 Å². The van der Waals surface area contributed by atoms with Crippen LogP contribution in [0.25, 0.3) is 11.3 Å². The Morgan fingerprint density at radius 2 is 1.96 bits per heavy atom. The van der Waals surface area contributed by atoms with Crippen molar-refractivity contribution in [3.63, 3.8) is 0 Å². The summed E-state index contributed by atoms with van der Waals surface area (Å²) in [5, 5.41) is 6.82. The van der Waals surface area contributed by atoms with E-state index >= 15 is 0 Å². The van der Waals surface area contributed by atoms with Crippen molar-refractivity contribution >= 4 is 5.91 Å².